The molecule has 0 fully saturated rings. The number of carbonyl (C=O) groups is 1. The van der Waals surface area contributed by atoms with Gasteiger partial charge in [-0.1, -0.05) is 30.3 Å². The van der Waals surface area contributed by atoms with Crippen LogP contribution in [-0.2, 0) is 11.3 Å². The standard InChI is InChI=1S/C19H15N3O2/c1-24-19(23)15-9-6-14(7-10-15)8-11-18-21-16-4-2-3-5-17(16)22(18)13-12-20/h2-11H,13H2,1H3. The van der Waals surface area contributed by atoms with Crippen molar-refractivity contribution in [1.82, 2.24) is 9.55 Å². The number of para-hydroxylation sites is 2. The van der Waals surface area contributed by atoms with E-state index in [2.05, 4.69) is 15.8 Å². The molecule has 0 aliphatic heterocycles. The molecule has 0 saturated heterocycles. The molecule has 0 N–H and O–H groups in total. The summed E-state index contributed by atoms with van der Waals surface area (Å²) in [5.41, 5.74) is 3.22. The highest BCUT2D eigenvalue weighted by molar-refractivity contribution is 5.89. The lowest BCUT2D eigenvalue weighted by atomic mass is 10.1. The van der Waals surface area contributed by atoms with Gasteiger partial charge < -0.3 is 9.30 Å². The van der Waals surface area contributed by atoms with Crippen LogP contribution in [0.15, 0.2) is 48.5 Å². The number of hydrogen-bond acceptors (Lipinski definition) is 4. The van der Waals surface area contributed by atoms with Crippen LogP contribution in [-0.4, -0.2) is 22.6 Å². The molecule has 24 heavy (non-hydrogen) atoms. The van der Waals surface area contributed by atoms with Crippen LogP contribution in [0.2, 0.25) is 0 Å². The maximum atomic E-state index is 11.4. The Labute approximate surface area is 139 Å². The average Bonchev–Trinajstić information content (AvgIpc) is 2.98. The normalized spacial score (nSPS) is 10.8. The zero-order valence-corrected chi connectivity index (χ0v) is 13.1. The first-order chi connectivity index (χ1) is 11.7. The number of nitriles is 1. The number of ether oxygens (including phenoxy) is 1. The van der Waals surface area contributed by atoms with E-state index in [0.29, 0.717) is 5.56 Å². The zero-order chi connectivity index (χ0) is 16.9. The van der Waals surface area contributed by atoms with Gasteiger partial charge in [0, 0.05) is 0 Å². The molecule has 0 atom stereocenters. The van der Waals surface area contributed by atoms with Gasteiger partial charge in [0.2, 0.25) is 0 Å². The van der Waals surface area contributed by atoms with E-state index in [1.807, 2.05) is 53.1 Å². The Morgan fingerprint density at radius 3 is 2.67 bits per heavy atom. The molecule has 0 radical (unpaired) electrons. The molecule has 3 aromatic rings. The number of nitrogens with zero attached hydrogens (tertiary/aromatic N) is 3. The number of hydrogen-bond donors (Lipinski definition) is 0. The van der Waals surface area contributed by atoms with Crippen LogP contribution >= 0.6 is 0 Å². The van der Waals surface area contributed by atoms with E-state index < -0.39 is 0 Å². The second-order valence-corrected chi connectivity index (χ2v) is 5.15. The first-order valence-electron chi connectivity index (χ1n) is 7.41. The van der Waals surface area contributed by atoms with E-state index in [1.54, 1.807) is 12.1 Å². The largest absolute Gasteiger partial charge is 0.465 e. The summed E-state index contributed by atoms with van der Waals surface area (Å²) in [4.78, 5) is 16.0. The van der Waals surface area contributed by atoms with Gasteiger partial charge in [-0.3, -0.25) is 0 Å². The summed E-state index contributed by atoms with van der Waals surface area (Å²) < 4.78 is 6.55. The molecule has 0 aliphatic rings. The Morgan fingerprint density at radius 2 is 1.96 bits per heavy atom. The molecule has 5 heteroatoms. The molecule has 5 nitrogen and oxygen atoms in total. The van der Waals surface area contributed by atoms with Crippen molar-refractivity contribution < 1.29 is 9.53 Å². The predicted molar refractivity (Wildman–Crippen MR) is 92.1 cm³/mol. The number of benzene rings is 2. The van der Waals surface area contributed by atoms with E-state index in [9.17, 15) is 4.79 Å². The molecular formula is C19H15N3O2. The minimum absolute atomic E-state index is 0.238. The molecule has 0 bridgehead atoms. The van der Waals surface area contributed by atoms with Crippen LogP contribution in [0.25, 0.3) is 23.2 Å². The molecule has 0 aliphatic carbocycles. The van der Waals surface area contributed by atoms with Crippen molar-refractivity contribution in [1.29, 1.82) is 5.26 Å². The Morgan fingerprint density at radius 1 is 1.21 bits per heavy atom. The fourth-order valence-electron chi connectivity index (χ4n) is 2.48. The van der Waals surface area contributed by atoms with Gasteiger partial charge in [0.1, 0.15) is 12.4 Å². The summed E-state index contributed by atoms with van der Waals surface area (Å²) in [7, 11) is 1.36. The van der Waals surface area contributed by atoms with Crippen LogP contribution in [0.4, 0.5) is 0 Å². The number of imidazole rings is 1. The number of fused-ring (bicyclic) bond motifs is 1. The quantitative estimate of drug-likeness (QED) is 0.690. The van der Waals surface area contributed by atoms with Gasteiger partial charge >= 0.3 is 5.97 Å². The monoisotopic (exact) mass is 317 g/mol. The number of esters is 1. The number of aromatic nitrogens is 2. The minimum atomic E-state index is -0.360. The SMILES string of the molecule is COC(=O)c1ccc(C=Cc2nc3ccccc3n2CC#N)cc1. The lowest BCUT2D eigenvalue weighted by molar-refractivity contribution is 0.0600. The van der Waals surface area contributed by atoms with Crippen molar-refractivity contribution >= 4 is 29.2 Å². The number of methoxy groups -OCH3 is 1. The van der Waals surface area contributed by atoms with E-state index in [4.69, 9.17) is 5.26 Å². The second kappa shape index (κ2) is 6.80. The van der Waals surface area contributed by atoms with E-state index in [1.165, 1.54) is 7.11 Å². The molecule has 1 aromatic heterocycles. The number of rotatable bonds is 4. The molecule has 0 saturated carbocycles. The minimum Gasteiger partial charge on any atom is -0.465 e. The van der Waals surface area contributed by atoms with Gasteiger partial charge in [0.25, 0.3) is 0 Å². The lowest BCUT2D eigenvalue weighted by Crippen LogP contribution is -2.00. The molecule has 2 aromatic carbocycles. The van der Waals surface area contributed by atoms with Crippen molar-refractivity contribution in [2.45, 2.75) is 6.54 Å². The molecule has 3 rings (SSSR count). The van der Waals surface area contributed by atoms with Crippen LogP contribution in [0.3, 0.4) is 0 Å². The third-order valence-electron chi connectivity index (χ3n) is 3.67. The Bertz CT molecular complexity index is 947. The Balaban J connectivity index is 1.91. The van der Waals surface area contributed by atoms with Crippen molar-refractivity contribution in [3.8, 4) is 6.07 Å². The second-order valence-electron chi connectivity index (χ2n) is 5.15. The highest BCUT2D eigenvalue weighted by atomic mass is 16.5. The van der Waals surface area contributed by atoms with Crippen molar-refractivity contribution in [2.24, 2.45) is 0 Å². The molecule has 118 valence electrons. The molecule has 0 spiro atoms. The van der Waals surface area contributed by atoms with Gasteiger partial charge in [0.05, 0.1) is 29.8 Å². The van der Waals surface area contributed by atoms with E-state index >= 15 is 0 Å². The van der Waals surface area contributed by atoms with E-state index in [0.717, 1.165) is 22.4 Å². The first-order valence-corrected chi connectivity index (χ1v) is 7.41. The van der Waals surface area contributed by atoms with Crippen LogP contribution in [0.5, 0.6) is 0 Å². The summed E-state index contributed by atoms with van der Waals surface area (Å²) in [6, 6.07) is 17.0. The summed E-state index contributed by atoms with van der Waals surface area (Å²) >= 11 is 0. The molecule has 0 amide bonds. The van der Waals surface area contributed by atoms with Crippen molar-refractivity contribution in [3.05, 3.63) is 65.5 Å². The summed E-state index contributed by atoms with van der Waals surface area (Å²) in [5.74, 6) is 0.358. The van der Waals surface area contributed by atoms with Crippen molar-refractivity contribution in [2.75, 3.05) is 7.11 Å². The third-order valence-corrected chi connectivity index (χ3v) is 3.67. The van der Waals surface area contributed by atoms with Crippen LogP contribution in [0, 0.1) is 11.3 Å². The van der Waals surface area contributed by atoms with Gasteiger partial charge in [0.15, 0.2) is 0 Å². The topological polar surface area (TPSA) is 67.9 Å². The zero-order valence-electron chi connectivity index (χ0n) is 13.1. The van der Waals surface area contributed by atoms with E-state index in [-0.39, 0.29) is 12.5 Å². The van der Waals surface area contributed by atoms with Gasteiger partial charge in [-0.05, 0) is 35.9 Å². The Kier molecular flexibility index (Phi) is 4.39. The van der Waals surface area contributed by atoms with Gasteiger partial charge in [-0.25, -0.2) is 9.78 Å². The maximum absolute atomic E-state index is 11.4. The molecular weight excluding hydrogens is 302 g/mol. The average molecular weight is 317 g/mol. The fraction of sp³-hybridized carbons (Fsp3) is 0.105. The summed E-state index contributed by atoms with van der Waals surface area (Å²) in [6.07, 6.45) is 3.76. The maximum Gasteiger partial charge on any atom is 0.337 e. The lowest BCUT2D eigenvalue weighted by Gasteiger charge is -2.01. The van der Waals surface area contributed by atoms with Crippen LogP contribution < -0.4 is 0 Å². The number of carbonyl (C=O) groups excluding carboxylic acids is 1. The first kappa shape index (κ1) is 15.5. The predicted octanol–water partition coefficient (Wildman–Crippen LogP) is 3.52. The highest BCUT2D eigenvalue weighted by Crippen LogP contribution is 2.18. The smallest absolute Gasteiger partial charge is 0.337 e. The third kappa shape index (κ3) is 3.03. The summed E-state index contributed by atoms with van der Waals surface area (Å²) in [5, 5.41) is 9.05. The van der Waals surface area contributed by atoms with Gasteiger partial charge in [-0.2, -0.15) is 5.26 Å². The molecule has 0 unspecified atom stereocenters. The Hall–Kier alpha value is -3.39. The fourth-order valence-corrected chi connectivity index (χ4v) is 2.48. The highest BCUT2D eigenvalue weighted by Gasteiger charge is 2.07. The summed E-state index contributed by atoms with van der Waals surface area (Å²) in [6.45, 7) is 0.238. The van der Waals surface area contributed by atoms with Crippen molar-refractivity contribution in [3.63, 3.8) is 0 Å². The van der Waals surface area contributed by atoms with Crippen LogP contribution in [0.1, 0.15) is 21.7 Å². The molecule has 1 heterocycles. The van der Waals surface area contributed by atoms with Gasteiger partial charge in [-0.15, -0.1) is 0 Å².